The van der Waals surface area contributed by atoms with E-state index in [1.807, 2.05) is 6.07 Å². The largest absolute Gasteiger partial charge is 0.338 e. The molecule has 0 fully saturated rings. The molecule has 2 N–H and O–H groups in total. The molecule has 3 aromatic rings. The summed E-state index contributed by atoms with van der Waals surface area (Å²) in [7, 11) is 0. The van der Waals surface area contributed by atoms with E-state index >= 15 is 0 Å². The first-order chi connectivity index (χ1) is 12.0. The number of hydrogen-bond donors (Lipinski definition) is 2. The minimum Gasteiger partial charge on any atom is -0.338 e. The zero-order valence-electron chi connectivity index (χ0n) is 12.8. The number of benzene rings is 2. The van der Waals surface area contributed by atoms with Gasteiger partial charge in [-0.3, -0.25) is 4.79 Å². The lowest BCUT2D eigenvalue weighted by Gasteiger charge is -2.12. The van der Waals surface area contributed by atoms with Crippen molar-refractivity contribution in [3.63, 3.8) is 0 Å². The Morgan fingerprint density at radius 2 is 1.80 bits per heavy atom. The molecule has 0 radical (unpaired) electrons. The second-order valence-electron chi connectivity index (χ2n) is 5.09. The molecule has 0 bridgehead atoms. The fourth-order valence-corrected chi connectivity index (χ4v) is 2.51. The molecule has 1 heterocycles. The van der Waals surface area contributed by atoms with Crippen LogP contribution >= 0.6 is 23.2 Å². The molecule has 2 aromatic carbocycles. The van der Waals surface area contributed by atoms with E-state index in [1.54, 1.807) is 36.5 Å². The third-order valence-corrected chi connectivity index (χ3v) is 3.98. The number of hydrogen-bond acceptors (Lipinski definition) is 3. The zero-order chi connectivity index (χ0) is 17.8. The fourth-order valence-electron chi connectivity index (χ4n) is 2.15. The Morgan fingerprint density at radius 1 is 1.00 bits per heavy atom. The molecule has 25 heavy (non-hydrogen) atoms. The van der Waals surface area contributed by atoms with Crippen molar-refractivity contribution >= 4 is 46.3 Å². The van der Waals surface area contributed by atoms with Crippen LogP contribution in [0.5, 0.6) is 0 Å². The van der Waals surface area contributed by atoms with Crippen molar-refractivity contribution in [2.45, 2.75) is 0 Å². The molecule has 1 amide bonds. The molecule has 0 saturated heterocycles. The normalized spacial score (nSPS) is 10.4. The van der Waals surface area contributed by atoms with Gasteiger partial charge < -0.3 is 10.6 Å². The predicted molar refractivity (Wildman–Crippen MR) is 98.3 cm³/mol. The van der Waals surface area contributed by atoms with Gasteiger partial charge in [-0.25, -0.2) is 9.37 Å². The van der Waals surface area contributed by atoms with Gasteiger partial charge in [0.15, 0.2) is 0 Å². The van der Waals surface area contributed by atoms with Crippen LogP contribution in [0, 0.1) is 5.82 Å². The van der Waals surface area contributed by atoms with Crippen molar-refractivity contribution in [1.29, 1.82) is 0 Å². The van der Waals surface area contributed by atoms with E-state index in [4.69, 9.17) is 23.2 Å². The summed E-state index contributed by atoms with van der Waals surface area (Å²) in [6.45, 7) is 0. The Kier molecular flexibility index (Phi) is 5.16. The van der Waals surface area contributed by atoms with Gasteiger partial charge in [0, 0.05) is 11.9 Å². The van der Waals surface area contributed by atoms with Gasteiger partial charge in [-0.1, -0.05) is 35.3 Å². The number of halogens is 3. The molecule has 7 heteroatoms. The molecule has 4 nitrogen and oxygen atoms in total. The van der Waals surface area contributed by atoms with Crippen LogP contribution < -0.4 is 10.6 Å². The Bertz CT molecular complexity index is 934. The van der Waals surface area contributed by atoms with E-state index in [1.165, 1.54) is 18.2 Å². The summed E-state index contributed by atoms with van der Waals surface area (Å²) in [5.41, 5.74) is 1.31. The van der Waals surface area contributed by atoms with Crippen LogP contribution in [-0.4, -0.2) is 10.9 Å². The van der Waals surface area contributed by atoms with Crippen LogP contribution in [0.4, 0.5) is 21.6 Å². The highest BCUT2D eigenvalue weighted by molar-refractivity contribution is 6.33. The first kappa shape index (κ1) is 17.2. The number of nitrogens with zero attached hydrogens (tertiary/aromatic N) is 1. The highest BCUT2D eigenvalue weighted by Crippen LogP contribution is 2.26. The zero-order valence-corrected chi connectivity index (χ0v) is 14.3. The third-order valence-electron chi connectivity index (χ3n) is 3.36. The number of carbonyl (C=O) groups excluding carboxylic acids is 1. The van der Waals surface area contributed by atoms with E-state index in [9.17, 15) is 9.18 Å². The van der Waals surface area contributed by atoms with Crippen molar-refractivity contribution in [2.24, 2.45) is 0 Å². The minimum absolute atomic E-state index is 0.0709. The van der Waals surface area contributed by atoms with Crippen molar-refractivity contribution in [2.75, 3.05) is 10.6 Å². The van der Waals surface area contributed by atoms with E-state index in [0.717, 1.165) is 0 Å². The number of pyridine rings is 1. The average Bonchev–Trinajstić information content (AvgIpc) is 2.60. The topological polar surface area (TPSA) is 54.0 Å². The summed E-state index contributed by atoms with van der Waals surface area (Å²) in [4.78, 5) is 16.7. The summed E-state index contributed by atoms with van der Waals surface area (Å²) < 4.78 is 13.2. The van der Waals surface area contributed by atoms with E-state index in [0.29, 0.717) is 27.8 Å². The first-order valence-corrected chi connectivity index (χ1v) is 8.03. The van der Waals surface area contributed by atoms with Crippen molar-refractivity contribution in [1.82, 2.24) is 4.98 Å². The molecule has 0 aliphatic rings. The Balaban J connectivity index is 1.86. The molecule has 0 unspecified atom stereocenters. The molecule has 1 aromatic heterocycles. The standard InChI is InChI=1S/C18H12Cl2FN3O/c19-13-5-1-2-6-16(13)24-17-12(4-3-9-22-17)18(25)23-11-7-8-15(21)14(20)10-11/h1-10H,(H,22,24)(H,23,25). The summed E-state index contributed by atoms with van der Waals surface area (Å²) in [6, 6.07) is 14.3. The van der Waals surface area contributed by atoms with Gasteiger partial charge >= 0.3 is 0 Å². The first-order valence-electron chi connectivity index (χ1n) is 7.27. The molecule has 3 rings (SSSR count). The monoisotopic (exact) mass is 375 g/mol. The molecule has 0 saturated carbocycles. The number of carbonyl (C=O) groups is 1. The quantitative estimate of drug-likeness (QED) is 0.630. The van der Waals surface area contributed by atoms with Gasteiger partial charge in [-0.2, -0.15) is 0 Å². The molecule has 0 aliphatic heterocycles. The van der Waals surface area contributed by atoms with Gasteiger partial charge in [0.25, 0.3) is 5.91 Å². The second-order valence-corrected chi connectivity index (χ2v) is 5.90. The molecular weight excluding hydrogens is 364 g/mol. The van der Waals surface area contributed by atoms with Crippen LogP contribution in [-0.2, 0) is 0 Å². The summed E-state index contributed by atoms with van der Waals surface area (Å²) in [5, 5.41) is 6.14. The summed E-state index contributed by atoms with van der Waals surface area (Å²) in [5.74, 6) is -0.617. The van der Waals surface area contributed by atoms with Crippen LogP contribution in [0.2, 0.25) is 10.0 Å². The van der Waals surface area contributed by atoms with Gasteiger partial charge in [-0.15, -0.1) is 0 Å². The molecule has 0 aliphatic carbocycles. The molecule has 0 atom stereocenters. The number of para-hydroxylation sites is 1. The fraction of sp³-hybridized carbons (Fsp3) is 0. The highest BCUT2D eigenvalue weighted by Gasteiger charge is 2.14. The van der Waals surface area contributed by atoms with Crippen molar-refractivity contribution < 1.29 is 9.18 Å². The second kappa shape index (κ2) is 7.51. The maximum absolute atomic E-state index is 13.2. The van der Waals surface area contributed by atoms with Crippen molar-refractivity contribution in [3.05, 3.63) is 82.2 Å². The third kappa shape index (κ3) is 4.07. The van der Waals surface area contributed by atoms with Crippen molar-refractivity contribution in [3.8, 4) is 0 Å². The lowest BCUT2D eigenvalue weighted by Crippen LogP contribution is -2.14. The Labute approximate surface area is 153 Å². The van der Waals surface area contributed by atoms with Crippen LogP contribution in [0.15, 0.2) is 60.8 Å². The van der Waals surface area contributed by atoms with Crippen LogP contribution in [0.25, 0.3) is 0 Å². The van der Waals surface area contributed by atoms with Gasteiger partial charge in [-0.05, 0) is 42.5 Å². The lowest BCUT2D eigenvalue weighted by atomic mass is 10.2. The predicted octanol–water partition coefficient (Wildman–Crippen LogP) is 5.52. The smallest absolute Gasteiger partial charge is 0.259 e. The number of rotatable bonds is 4. The Morgan fingerprint density at radius 3 is 2.56 bits per heavy atom. The number of amides is 1. The highest BCUT2D eigenvalue weighted by atomic mass is 35.5. The molecule has 126 valence electrons. The number of anilines is 3. The summed E-state index contributed by atoms with van der Waals surface area (Å²) >= 11 is 11.9. The van der Waals surface area contributed by atoms with Gasteiger partial charge in [0.1, 0.15) is 11.6 Å². The molecular formula is C18H12Cl2FN3O. The number of aromatic nitrogens is 1. The maximum atomic E-state index is 13.2. The van der Waals surface area contributed by atoms with E-state index in [2.05, 4.69) is 15.6 Å². The lowest BCUT2D eigenvalue weighted by molar-refractivity contribution is 0.102. The van der Waals surface area contributed by atoms with Crippen LogP contribution in [0.1, 0.15) is 10.4 Å². The number of nitrogens with one attached hydrogen (secondary N) is 2. The maximum Gasteiger partial charge on any atom is 0.259 e. The van der Waals surface area contributed by atoms with E-state index < -0.39 is 11.7 Å². The van der Waals surface area contributed by atoms with Crippen LogP contribution in [0.3, 0.4) is 0 Å². The van der Waals surface area contributed by atoms with Gasteiger partial charge in [0.2, 0.25) is 0 Å². The minimum atomic E-state index is -0.554. The SMILES string of the molecule is O=C(Nc1ccc(F)c(Cl)c1)c1cccnc1Nc1ccccc1Cl. The molecule has 0 spiro atoms. The summed E-state index contributed by atoms with van der Waals surface area (Å²) in [6.07, 6.45) is 1.56. The van der Waals surface area contributed by atoms with Gasteiger partial charge in [0.05, 0.1) is 21.3 Å². The Hall–Kier alpha value is -2.63. The average molecular weight is 376 g/mol. The van der Waals surface area contributed by atoms with E-state index in [-0.39, 0.29) is 5.02 Å².